The number of rotatable bonds is 10. The Hall–Kier alpha value is -2.38. The molecule has 2 atom stereocenters. The average molecular weight is 418 g/mol. The molecule has 29 heavy (non-hydrogen) atoms. The Morgan fingerprint density at radius 3 is 2.34 bits per heavy atom. The zero-order valence-corrected chi connectivity index (χ0v) is 18.6. The van der Waals surface area contributed by atoms with E-state index in [1.807, 2.05) is 46.3 Å². The van der Waals surface area contributed by atoms with Gasteiger partial charge in [-0.25, -0.2) is 0 Å². The summed E-state index contributed by atoms with van der Waals surface area (Å²) in [4.78, 5) is 28.7. The van der Waals surface area contributed by atoms with Gasteiger partial charge in [0.2, 0.25) is 5.91 Å². The first-order valence-corrected chi connectivity index (χ1v) is 10.7. The third-order valence-electron chi connectivity index (χ3n) is 4.63. The Kier molecular flexibility index (Phi) is 8.67. The van der Waals surface area contributed by atoms with Gasteiger partial charge in [0, 0.05) is 17.0 Å². The summed E-state index contributed by atoms with van der Waals surface area (Å²) in [5, 5.41) is 7.91. The summed E-state index contributed by atoms with van der Waals surface area (Å²) < 4.78 is 5.40. The highest BCUT2D eigenvalue weighted by Crippen LogP contribution is 2.22. The van der Waals surface area contributed by atoms with E-state index in [0.717, 1.165) is 0 Å². The summed E-state index contributed by atoms with van der Waals surface area (Å²) >= 11 is 1.67. The van der Waals surface area contributed by atoms with E-state index in [2.05, 4.69) is 21.6 Å². The average Bonchev–Trinajstić information content (AvgIpc) is 3.20. The van der Waals surface area contributed by atoms with Crippen molar-refractivity contribution in [2.45, 2.75) is 32.9 Å². The fraction of sp³-hybridized carbons (Fsp3) is 0.455. The first-order valence-electron chi connectivity index (χ1n) is 9.84. The maximum Gasteiger partial charge on any atom is 0.251 e. The van der Waals surface area contributed by atoms with Crippen molar-refractivity contribution >= 4 is 23.2 Å². The predicted molar refractivity (Wildman–Crippen MR) is 117 cm³/mol. The van der Waals surface area contributed by atoms with Gasteiger partial charge in [0.05, 0.1) is 12.6 Å². The highest BCUT2D eigenvalue weighted by atomic mass is 32.1. The summed E-state index contributed by atoms with van der Waals surface area (Å²) in [5.74, 6) is 0.221. The lowest BCUT2D eigenvalue weighted by Gasteiger charge is -2.26. The van der Waals surface area contributed by atoms with Gasteiger partial charge < -0.3 is 20.3 Å². The summed E-state index contributed by atoms with van der Waals surface area (Å²) in [5.41, 5.74) is 0.497. The van der Waals surface area contributed by atoms with E-state index < -0.39 is 6.04 Å². The number of nitrogens with one attached hydrogen (secondary N) is 2. The molecule has 1 heterocycles. The molecular weight excluding hydrogens is 386 g/mol. The number of benzene rings is 1. The summed E-state index contributed by atoms with van der Waals surface area (Å²) in [7, 11) is 3.98. The minimum Gasteiger partial charge on any atom is -0.494 e. The lowest BCUT2D eigenvalue weighted by molar-refractivity contribution is -0.124. The van der Waals surface area contributed by atoms with Crippen LogP contribution in [0.15, 0.2) is 41.8 Å². The molecule has 0 unspecified atom stereocenters. The van der Waals surface area contributed by atoms with E-state index in [0.29, 0.717) is 24.5 Å². The molecule has 158 valence electrons. The molecule has 0 aliphatic heterocycles. The molecule has 6 nitrogen and oxygen atoms in total. The molecule has 0 saturated carbocycles. The van der Waals surface area contributed by atoms with Gasteiger partial charge >= 0.3 is 0 Å². The van der Waals surface area contributed by atoms with Crippen LogP contribution in [0.5, 0.6) is 5.75 Å². The van der Waals surface area contributed by atoms with Gasteiger partial charge in [0.1, 0.15) is 11.8 Å². The molecule has 2 rings (SSSR count). The molecular formula is C22H31N3O3S. The van der Waals surface area contributed by atoms with Crippen molar-refractivity contribution in [2.75, 3.05) is 27.2 Å². The van der Waals surface area contributed by atoms with Crippen molar-refractivity contribution in [3.8, 4) is 5.75 Å². The molecule has 1 aromatic carbocycles. The molecule has 0 aliphatic carbocycles. The third kappa shape index (κ3) is 6.58. The van der Waals surface area contributed by atoms with Crippen LogP contribution < -0.4 is 15.4 Å². The van der Waals surface area contributed by atoms with Gasteiger partial charge in [-0.2, -0.15) is 0 Å². The molecule has 2 aromatic rings. The fourth-order valence-electron chi connectivity index (χ4n) is 2.95. The molecule has 2 N–H and O–H groups in total. The molecule has 7 heteroatoms. The third-order valence-corrected chi connectivity index (χ3v) is 5.60. The topological polar surface area (TPSA) is 70.7 Å². The number of thiophene rings is 1. The zero-order chi connectivity index (χ0) is 21.4. The summed E-state index contributed by atoms with van der Waals surface area (Å²) in [6.07, 6.45) is 0. The van der Waals surface area contributed by atoms with Crippen molar-refractivity contribution in [1.82, 2.24) is 15.5 Å². The quantitative estimate of drug-likeness (QED) is 0.622. The number of hydrogen-bond donors (Lipinski definition) is 2. The van der Waals surface area contributed by atoms with E-state index in [9.17, 15) is 9.59 Å². The minimum absolute atomic E-state index is 0.0406. The minimum atomic E-state index is -0.611. The van der Waals surface area contributed by atoms with E-state index in [1.54, 1.807) is 35.6 Å². The molecule has 0 aliphatic rings. The number of ether oxygens (including phenoxy) is 1. The van der Waals surface area contributed by atoms with Crippen LogP contribution in [0.1, 0.15) is 42.0 Å². The first kappa shape index (κ1) is 22.9. The number of likely N-dealkylation sites (N-methyl/N-ethyl adjacent to an activating group) is 1. The van der Waals surface area contributed by atoms with Gasteiger partial charge in [0.25, 0.3) is 5.91 Å². The van der Waals surface area contributed by atoms with E-state index in [1.165, 1.54) is 4.88 Å². The van der Waals surface area contributed by atoms with Crippen molar-refractivity contribution in [3.05, 3.63) is 52.2 Å². The molecule has 0 spiro atoms. The Morgan fingerprint density at radius 1 is 1.14 bits per heavy atom. The largest absolute Gasteiger partial charge is 0.494 e. The van der Waals surface area contributed by atoms with Crippen LogP contribution >= 0.6 is 11.3 Å². The van der Waals surface area contributed by atoms with E-state index >= 15 is 0 Å². The SMILES string of the molecule is CCOc1ccc(C(=O)N[C@@H](C(=O)NC[C@H](c2cccs2)N(C)C)C(C)C)cc1. The number of amides is 2. The van der Waals surface area contributed by atoms with Gasteiger partial charge in [-0.15, -0.1) is 11.3 Å². The Morgan fingerprint density at radius 2 is 1.83 bits per heavy atom. The number of nitrogens with zero attached hydrogens (tertiary/aromatic N) is 1. The second kappa shape index (κ2) is 11.0. The Labute approximate surface area is 177 Å². The van der Waals surface area contributed by atoms with Crippen LogP contribution in [0.2, 0.25) is 0 Å². The molecule has 0 bridgehead atoms. The first-order chi connectivity index (χ1) is 13.8. The monoisotopic (exact) mass is 417 g/mol. The van der Waals surface area contributed by atoms with Crippen LogP contribution in [-0.2, 0) is 4.79 Å². The van der Waals surface area contributed by atoms with Crippen molar-refractivity contribution in [2.24, 2.45) is 5.92 Å². The van der Waals surface area contributed by atoms with Crippen molar-refractivity contribution in [3.63, 3.8) is 0 Å². The highest BCUT2D eigenvalue weighted by Gasteiger charge is 2.26. The van der Waals surface area contributed by atoms with Crippen molar-refractivity contribution < 1.29 is 14.3 Å². The molecule has 0 radical (unpaired) electrons. The lowest BCUT2D eigenvalue weighted by atomic mass is 10.0. The van der Waals surface area contributed by atoms with Crippen LogP contribution in [0, 0.1) is 5.92 Å². The van der Waals surface area contributed by atoms with E-state index in [-0.39, 0.29) is 23.8 Å². The number of hydrogen-bond acceptors (Lipinski definition) is 5. The Bertz CT molecular complexity index is 773. The molecule has 0 saturated heterocycles. The van der Waals surface area contributed by atoms with Crippen LogP contribution in [0.3, 0.4) is 0 Å². The number of carbonyl (C=O) groups is 2. The van der Waals surface area contributed by atoms with Crippen LogP contribution in [0.4, 0.5) is 0 Å². The van der Waals surface area contributed by atoms with Gasteiger partial charge in [-0.1, -0.05) is 19.9 Å². The standard InChI is InChI=1S/C22H31N3O3S/c1-6-28-17-11-9-16(10-12-17)21(26)24-20(15(2)3)22(27)23-14-18(25(4)5)19-8-7-13-29-19/h7-13,15,18,20H,6,14H2,1-5H3,(H,23,27)(H,24,26)/t18-,20-/m1/s1. The molecule has 0 fully saturated rings. The Balaban J connectivity index is 2.00. The van der Waals surface area contributed by atoms with Gasteiger partial charge in [-0.3, -0.25) is 9.59 Å². The highest BCUT2D eigenvalue weighted by molar-refractivity contribution is 7.10. The summed E-state index contributed by atoms with van der Waals surface area (Å²) in [6.45, 7) is 6.80. The van der Waals surface area contributed by atoms with Gasteiger partial charge in [-0.05, 0) is 62.6 Å². The second-order valence-electron chi connectivity index (χ2n) is 7.39. The van der Waals surface area contributed by atoms with Crippen LogP contribution in [-0.4, -0.2) is 50.0 Å². The fourth-order valence-corrected chi connectivity index (χ4v) is 3.88. The maximum absolute atomic E-state index is 12.8. The smallest absolute Gasteiger partial charge is 0.251 e. The van der Waals surface area contributed by atoms with Crippen LogP contribution in [0.25, 0.3) is 0 Å². The van der Waals surface area contributed by atoms with Gasteiger partial charge in [0.15, 0.2) is 0 Å². The predicted octanol–water partition coefficient (Wildman–Crippen LogP) is 3.32. The lowest BCUT2D eigenvalue weighted by Crippen LogP contribution is -2.50. The summed E-state index contributed by atoms with van der Waals surface area (Å²) in [6, 6.07) is 10.5. The molecule has 2 amide bonds. The second-order valence-corrected chi connectivity index (χ2v) is 8.37. The number of carbonyl (C=O) groups excluding carboxylic acids is 2. The zero-order valence-electron chi connectivity index (χ0n) is 17.8. The van der Waals surface area contributed by atoms with E-state index in [4.69, 9.17) is 4.74 Å². The van der Waals surface area contributed by atoms with Crippen molar-refractivity contribution in [1.29, 1.82) is 0 Å². The maximum atomic E-state index is 12.8. The molecule has 1 aromatic heterocycles. The normalized spacial score (nSPS) is 13.2.